The van der Waals surface area contributed by atoms with Crippen LogP contribution in [0.4, 0.5) is 23.0 Å². The maximum Gasteiger partial charge on any atom is 0.272 e. The largest absolute Gasteiger partial charge is 0.363 e. The first kappa shape index (κ1) is 22.2. The second kappa shape index (κ2) is 9.08. The van der Waals surface area contributed by atoms with E-state index in [1.807, 2.05) is 79.7 Å². The standard InChI is InChI=1S/C27H23N9O/c1-36(2)25-8-6-20(15-29-25)32-27(37)23-12-16-3-4-17(13-22(16)33-23)26-28-10-9-24(34-26)31-19-5-7-21-18(11-19)14-30-35-21/h3-15,33H,1-2H3,(H,30,35)(H,32,37)(H,28,31,34). The third-order valence-electron chi connectivity index (χ3n) is 5.96. The van der Waals surface area contributed by atoms with E-state index in [4.69, 9.17) is 0 Å². The van der Waals surface area contributed by atoms with Gasteiger partial charge in [0.25, 0.3) is 5.91 Å². The number of aromatic nitrogens is 6. The lowest BCUT2D eigenvalue weighted by molar-refractivity contribution is 0.102. The highest BCUT2D eigenvalue weighted by Gasteiger charge is 2.12. The molecule has 0 bridgehead atoms. The van der Waals surface area contributed by atoms with Crippen LogP contribution in [-0.4, -0.2) is 50.1 Å². The third kappa shape index (κ3) is 4.55. The smallest absolute Gasteiger partial charge is 0.272 e. The van der Waals surface area contributed by atoms with Crippen LogP contribution in [-0.2, 0) is 0 Å². The number of H-pyrrole nitrogens is 2. The number of nitrogens with zero attached hydrogens (tertiary/aromatic N) is 5. The maximum absolute atomic E-state index is 12.8. The van der Waals surface area contributed by atoms with Crippen molar-refractivity contribution in [3.8, 4) is 11.4 Å². The number of pyridine rings is 1. The van der Waals surface area contributed by atoms with Gasteiger partial charge in [-0.3, -0.25) is 9.89 Å². The van der Waals surface area contributed by atoms with E-state index >= 15 is 0 Å². The Balaban J connectivity index is 1.21. The van der Waals surface area contributed by atoms with Crippen LogP contribution >= 0.6 is 0 Å². The molecule has 6 aromatic rings. The molecule has 4 heterocycles. The number of rotatable bonds is 6. The Morgan fingerprint density at radius 3 is 2.59 bits per heavy atom. The topological polar surface area (TPSA) is 128 Å². The summed E-state index contributed by atoms with van der Waals surface area (Å²) in [5.41, 5.74) is 4.60. The van der Waals surface area contributed by atoms with Gasteiger partial charge in [-0.05, 0) is 48.5 Å². The van der Waals surface area contributed by atoms with Crippen LogP contribution in [0.15, 0.2) is 79.3 Å². The monoisotopic (exact) mass is 489 g/mol. The molecule has 4 aromatic heterocycles. The Bertz CT molecular complexity index is 1730. The molecule has 6 rings (SSSR count). The Morgan fingerprint density at radius 2 is 1.76 bits per heavy atom. The molecule has 0 atom stereocenters. The molecular weight excluding hydrogens is 466 g/mol. The van der Waals surface area contributed by atoms with Crippen LogP contribution in [0.3, 0.4) is 0 Å². The fraction of sp³-hybridized carbons (Fsp3) is 0.0741. The zero-order valence-electron chi connectivity index (χ0n) is 20.1. The molecule has 0 aliphatic carbocycles. The van der Waals surface area contributed by atoms with E-state index in [-0.39, 0.29) is 5.91 Å². The minimum absolute atomic E-state index is 0.241. The Labute approximate surface area is 211 Å². The average Bonchev–Trinajstić information content (AvgIpc) is 3.55. The summed E-state index contributed by atoms with van der Waals surface area (Å²) < 4.78 is 0. The van der Waals surface area contributed by atoms with Crippen molar-refractivity contribution in [3.63, 3.8) is 0 Å². The van der Waals surface area contributed by atoms with Gasteiger partial charge in [0.15, 0.2) is 5.82 Å². The Kier molecular flexibility index (Phi) is 5.45. The molecule has 0 fully saturated rings. The van der Waals surface area contributed by atoms with E-state index < -0.39 is 0 Å². The molecular formula is C27H23N9O. The zero-order valence-corrected chi connectivity index (χ0v) is 20.1. The molecule has 4 N–H and O–H groups in total. The summed E-state index contributed by atoms with van der Waals surface area (Å²) in [5.74, 6) is 1.82. The summed E-state index contributed by atoms with van der Waals surface area (Å²) >= 11 is 0. The van der Waals surface area contributed by atoms with E-state index in [0.29, 0.717) is 23.0 Å². The molecule has 182 valence electrons. The number of fused-ring (bicyclic) bond motifs is 2. The predicted octanol–water partition coefficient (Wildman–Crippen LogP) is 4.96. The number of carbonyl (C=O) groups excluding carboxylic acids is 1. The summed E-state index contributed by atoms with van der Waals surface area (Å²) in [7, 11) is 3.83. The molecule has 0 spiro atoms. The zero-order chi connectivity index (χ0) is 25.4. The predicted molar refractivity (Wildman–Crippen MR) is 145 cm³/mol. The SMILES string of the molecule is CN(C)c1ccc(NC(=O)c2cc3ccc(-c4nccc(Nc5ccc6[nH]ncc6c5)n4)cc3[nH]2)cn1. The molecule has 0 aliphatic heterocycles. The number of carbonyl (C=O) groups is 1. The Hall–Kier alpha value is -5.25. The van der Waals surface area contributed by atoms with Crippen LogP contribution in [0.1, 0.15) is 10.5 Å². The minimum atomic E-state index is -0.241. The summed E-state index contributed by atoms with van der Waals surface area (Å²) in [6, 6.07) is 19.1. The number of benzene rings is 2. The van der Waals surface area contributed by atoms with Gasteiger partial charge in [-0.15, -0.1) is 0 Å². The van der Waals surface area contributed by atoms with Gasteiger partial charge in [0.1, 0.15) is 17.3 Å². The fourth-order valence-corrected chi connectivity index (χ4v) is 4.05. The van der Waals surface area contributed by atoms with Gasteiger partial charge < -0.3 is 20.5 Å². The summed E-state index contributed by atoms with van der Waals surface area (Å²) in [6.07, 6.45) is 5.14. The van der Waals surface area contributed by atoms with Gasteiger partial charge in [0, 0.05) is 47.8 Å². The third-order valence-corrected chi connectivity index (χ3v) is 5.96. The lowest BCUT2D eigenvalue weighted by atomic mass is 10.1. The maximum atomic E-state index is 12.8. The van der Waals surface area contributed by atoms with Gasteiger partial charge in [-0.1, -0.05) is 12.1 Å². The van der Waals surface area contributed by atoms with Gasteiger partial charge in [-0.2, -0.15) is 5.10 Å². The van der Waals surface area contributed by atoms with Gasteiger partial charge in [0.2, 0.25) is 0 Å². The highest BCUT2D eigenvalue weighted by molar-refractivity contribution is 6.06. The van der Waals surface area contributed by atoms with E-state index in [2.05, 4.69) is 40.8 Å². The van der Waals surface area contributed by atoms with Crippen LogP contribution in [0.25, 0.3) is 33.2 Å². The molecule has 37 heavy (non-hydrogen) atoms. The normalized spacial score (nSPS) is 11.1. The lowest BCUT2D eigenvalue weighted by Gasteiger charge is -2.11. The van der Waals surface area contributed by atoms with Gasteiger partial charge in [0.05, 0.1) is 23.6 Å². The van der Waals surface area contributed by atoms with E-state index in [1.165, 1.54) is 0 Å². The first-order valence-corrected chi connectivity index (χ1v) is 11.6. The van der Waals surface area contributed by atoms with Crippen LogP contribution < -0.4 is 15.5 Å². The number of hydrogen-bond donors (Lipinski definition) is 4. The molecule has 0 unspecified atom stereocenters. The number of nitrogens with one attached hydrogen (secondary N) is 4. The molecule has 10 nitrogen and oxygen atoms in total. The van der Waals surface area contributed by atoms with Gasteiger partial charge in [-0.25, -0.2) is 15.0 Å². The summed E-state index contributed by atoms with van der Waals surface area (Å²) in [6.45, 7) is 0. The molecule has 0 aliphatic rings. The second-order valence-corrected chi connectivity index (χ2v) is 8.80. The van der Waals surface area contributed by atoms with Crippen molar-refractivity contribution in [3.05, 3.63) is 84.9 Å². The van der Waals surface area contributed by atoms with Crippen LogP contribution in [0, 0.1) is 0 Å². The summed E-state index contributed by atoms with van der Waals surface area (Å²) in [4.78, 5) is 31.4. The van der Waals surface area contributed by atoms with Crippen molar-refractivity contribution < 1.29 is 4.79 Å². The van der Waals surface area contributed by atoms with Crippen molar-refractivity contribution in [2.24, 2.45) is 0 Å². The molecule has 1 amide bonds. The van der Waals surface area contributed by atoms with Crippen molar-refractivity contribution in [1.29, 1.82) is 0 Å². The van der Waals surface area contributed by atoms with Crippen molar-refractivity contribution in [2.45, 2.75) is 0 Å². The fourth-order valence-electron chi connectivity index (χ4n) is 4.05. The second-order valence-electron chi connectivity index (χ2n) is 8.80. The molecule has 0 saturated carbocycles. The lowest BCUT2D eigenvalue weighted by Crippen LogP contribution is -2.14. The van der Waals surface area contributed by atoms with Gasteiger partial charge >= 0.3 is 0 Å². The number of hydrogen-bond acceptors (Lipinski definition) is 7. The minimum Gasteiger partial charge on any atom is -0.363 e. The average molecular weight is 490 g/mol. The molecule has 10 heteroatoms. The van der Waals surface area contributed by atoms with Crippen LogP contribution in [0.2, 0.25) is 0 Å². The number of aromatic amines is 2. The quantitative estimate of drug-likeness (QED) is 0.260. The van der Waals surface area contributed by atoms with Crippen molar-refractivity contribution in [2.75, 3.05) is 29.6 Å². The Morgan fingerprint density at radius 1 is 0.865 bits per heavy atom. The van der Waals surface area contributed by atoms with Crippen molar-refractivity contribution >= 4 is 50.7 Å². The highest BCUT2D eigenvalue weighted by Crippen LogP contribution is 2.25. The molecule has 0 radical (unpaired) electrons. The first-order chi connectivity index (χ1) is 18.0. The van der Waals surface area contributed by atoms with E-state index in [1.54, 1.807) is 18.6 Å². The highest BCUT2D eigenvalue weighted by atomic mass is 16.1. The van der Waals surface area contributed by atoms with E-state index in [9.17, 15) is 4.79 Å². The van der Waals surface area contributed by atoms with Crippen LogP contribution in [0.5, 0.6) is 0 Å². The van der Waals surface area contributed by atoms with Crippen molar-refractivity contribution in [1.82, 2.24) is 30.1 Å². The summed E-state index contributed by atoms with van der Waals surface area (Å²) in [5, 5.41) is 15.1. The first-order valence-electron chi connectivity index (χ1n) is 11.6. The molecule has 0 saturated heterocycles. The van der Waals surface area contributed by atoms with E-state index in [0.717, 1.165) is 38.9 Å². The number of amides is 1. The number of anilines is 4. The molecule has 2 aromatic carbocycles.